The van der Waals surface area contributed by atoms with E-state index in [9.17, 15) is 0 Å². The minimum Gasteiger partial charge on any atom is -0.476 e. The first-order chi connectivity index (χ1) is 7.79. The van der Waals surface area contributed by atoms with Crippen molar-refractivity contribution < 1.29 is 4.74 Å². The third kappa shape index (κ3) is 3.35. The quantitative estimate of drug-likeness (QED) is 0.830. The molecule has 1 fully saturated rings. The van der Waals surface area contributed by atoms with Gasteiger partial charge in [0.25, 0.3) is 0 Å². The lowest BCUT2D eigenvalue weighted by atomic mass is 10.3. The molecule has 1 aliphatic rings. The topological polar surface area (TPSA) is 34.2 Å². The Kier molecular flexibility index (Phi) is 4.02. The van der Waals surface area contributed by atoms with E-state index in [0.29, 0.717) is 10.9 Å². The summed E-state index contributed by atoms with van der Waals surface area (Å²) in [6.07, 6.45) is 4.36. The standard InChI is InChI=1S/C12H17ClN2O/c1-2-14-6-10-5-11(13)12(15-7-10)16-8-9-3-4-9/h5,7,9,14H,2-4,6,8H2,1H3. The van der Waals surface area contributed by atoms with E-state index < -0.39 is 0 Å². The SMILES string of the molecule is CCNCc1cnc(OCC2CC2)c(Cl)c1. The summed E-state index contributed by atoms with van der Waals surface area (Å²) in [5.74, 6) is 1.29. The van der Waals surface area contributed by atoms with Gasteiger partial charge >= 0.3 is 0 Å². The van der Waals surface area contributed by atoms with Gasteiger partial charge in [0.2, 0.25) is 5.88 Å². The van der Waals surface area contributed by atoms with Crippen LogP contribution in [-0.4, -0.2) is 18.1 Å². The molecule has 0 amide bonds. The summed E-state index contributed by atoms with van der Waals surface area (Å²) in [6, 6.07) is 1.92. The lowest BCUT2D eigenvalue weighted by Gasteiger charge is -2.08. The Morgan fingerprint density at radius 3 is 3.00 bits per heavy atom. The smallest absolute Gasteiger partial charge is 0.232 e. The monoisotopic (exact) mass is 240 g/mol. The van der Waals surface area contributed by atoms with Gasteiger partial charge in [-0.15, -0.1) is 0 Å². The summed E-state index contributed by atoms with van der Waals surface area (Å²) < 4.78 is 5.56. The Morgan fingerprint density at radius 1 is 1.56 bits per heavy atom. The highest BCUT2D eigenvalue weighted by Crippen LogP contribution is 2.30. The maximum absolute atomic E-state index is 6.10. The van der Waals surface area contributed by atoms with Gasteiger partial charge in [0.1, 0.15) is 5.02 Å². The first-order valence-electron chi connectivity index (χ1n) is 5.77. The first-order valence-corrected chi connectivity index (χ1v) is 6.15. The number of rotatable bonds is 6. The normalized spacial score (nSPS) is 15.1. The zero-order chi connectivity index (χ0) is 11.4. The lowest BCUT2D eigenvalue weighted by molar-refractivity contribution is 0.288. The fraction of sp³-hybridized carbons (Fsp3) is 0.583. The van der Waals surface area contributed by atoms with Crippen molar-refractivity contribution in [3.63, 3.8) is 0 Å². The van der Waals surface area contributed by atoms with Crippen molar-refractivity contribution in [2.45, 2.75) is 26.3 Å². The number of ether oxygens (including phenoxy) is 1. The zero-order valence-corrected chi connectivity index (χ0v) is 10.3. The molecule has 0 radical (unpaired) electrons. The zero-order valence-electron chi connectivity index (χ0n) is 9.50. The van der Waals surface area contributed by atoms with Crippen LogP contribution in [0.3, 0.4) is 0 Å². The van der Waals surface area contributed by atoms with Crippen LogP contribution in [0.1, 0.15) is 25.3 Å². The summed E-state index contributed by atoms with van der Waals surface area (Å²) in [7, 11) is 0. The molecule has 0 aromatic carbocycles. The Labute approximate surface area is 101 Å². The van der Waals surface area contributed by atoms with E-state index in [1.807, 2.05) is 12.3 Å². The second-order valence-electron chi connectivity index (χ2n) is 4.17. The Balaban J connectivity index is 1.92. The number of pyridine rings is 1. The maximum Gasteiger partial charge on any atom is 0.232 e. The van der Waals surface area contributed by atoms with Gasteiger partial charge in [-0.05, 0) is 36.9 Å². The first kappa shape index (κ1) is 11.7. The van der Waals surface area contributed by atoms with Crippen molar-refractivity contribution in [1.82, 2.24) is 10.3 Å². The molecule has 1 aromatic rings. The Morgan fingerprint density at radius 2 is 2.38 bits per heavy atom. The van der Waals surface area contributed by atoms with Gasteiger partial charge in [-0.2, -0.15) is 0 Å². The predicted molar refractivity (Wildman–Crippen MR) is 64.8 cm³/mol. The van der Waals surface area contributed by atoms with Crippen molar-refractivity contribution in [3.8, 4) is 5.88 Å². The van der Waals surface area contributed by atoms with E-state index in [0.717, 1.165) is 31.2 Å². The molecule has 4 heteroatoms. The van der Waals surface area contributed by atoms with E-state index >= 15 is 0 Å². The Bertz CT molecular complexity index is 353. The van der Waals surface area contributed by atoms with E-state index in [-0.39, 0.29) is 0 Å². The molecule has 0 atom stereocenters. The van der Waals surface area contributed by atoms with Crippen molar-refractivity contribution in [2.75, 3.05) is 13.2 Å². The van der Waals surface area contributed by atoms with Crippen LogP contribution in [0.15, 0.2) is 12.3 Å². The number of halogens is 1. The van der Waals surface area contributed by atoms with Crippen LogP contribution >= 0.6 is 11.6 Å². The van der Waals surface area contributed by atoms with E-state index in [1.54, 1.807) is 0 Å². The molecule has 0 aliphatic heterocycles. The second-order valence-corrected chi connectivity index (χ2v) is 4.57. The van der Waals surface area contributed by atoms with Crippen LogP contribution in [0, 0.1) is 5.92 Å². The van der Waals surface area contributed by atoms with Gasteiger partial charge in [0.05, 0.1) is 6.61 Å². The van der Waals surface area contributed by atoms with Crippen molar-refractivity contribution in [1.29, 1.82) is 0 Å². The highest BCUT2D eigenvalue weighted by molar-refractivity contribution is 6.31. The van der Waals surface area contributed by atoms with Gasteiger partial charge < -0.3 is 10.1 Å². The van der Waals surface area contributed by atoms with Crippen LogP contribution in [0.25, 0.3) is 0 Å². The fourth-order valence-corrected chi connectivity index (χ4v) is 1.66. The molecule has 0 spiro atoms. The maximum atomic E-state index is 6.10. The fourth-order valence-electron chi connectivity index (χ4n) is 1.42. The summed E-state index contributed by atoms with van der Waals surface area (Å²) >= 11 is 6.10. The van der Waals surface area contributed by atoms with Crippen molar-refractivity contribution in [3.05, 3.63) is 22.8 Å². The molecule has 0 saturated heterocycles. The highest BCUT2D eigenvalue weighted by Gasteiger charge is 2.22. The lowest BCUT2D eigenvalue weighted by Crippen LogP contribution is -2.12. The van der Waals surface area contributed by atoms with Gasteiger partial charge in [-0.3, -0.25) is 0 Å². The summed E-state index contributed by atoms with van der Waals surface area (Å²) in [5.41, 5.74) is 1.09. The molecule has 1 saturated carbocycles. The number of hydrogen-bond donors (Lipinski definition) is 1. The summed E-state index contributed by atoms with van der Waals surface area (Å²) in [5, 5.41) is 3.84. The summed E-state index contributed by atoms with van der Waals surface area (Å²) in [4.78, 5) is 4.24. The molecule has 1 aromatic heterocycles. The van der Waals surface area contributed by atoms with Gasteiger partial charge in [-0.1, -0.05) is 18.5 Å². The van der Waals surface area contributed by atoms with E-state index in [2.05, 4.69) is 17.2 Å². The molecule has 0 unspecified atom stereocenters. The van der Waals surface area contributed by atoms with Gasteiger partial charge in [-0.25, -0.2) is 4.98 Å². The molecule has 3 nitrogen and oxygen atoms in total. The Hall–Kier alpha value is -0.800. The predicted octanol–water partition coefficient (Wildman–Crippen LogP) is 2.63. The molecular weight excluding hydrogens is 224 g/mol. The molecule has 16 heavy (non-hydrogen) atoms. The number of nitrogens with one attached hydrogen (secondary N) is 1. The molecule has 1 aliphatic carbocycles. The van der Waals surface area contributed by atoms with Gasteiger partial charge in [0, 0.05) is 12.7 Å². The largest absolute Gasteiger partial charge is 0.476 e. The van der Waals surface area contributed by atoms with Crippen LogP contribution in [0.4, 0.5) is 0 Å². The van der Waals surface area contributed by atoms with Crippen LogP contribution in [0.2, 0.25) is 5.02 Å². The second kappa shape index (κ2) is 5.51. The molecule has 1 heterocycles. The van der Waals surface area contributed by atoms with Crippen LogP contribution < -0.4 is 10.1 Å². The average molecular weight is 241 g/mol. The minimum atomic E-state index is 0.564. The molecule has 88 valence electrons. The third-order valence-electron chi connectivity index (χ3n) is 2.60. The molecule has 2 rings (SSSR count). The van der Waals surface area contributed by atoms with Crippen molar-refractivity contribution >= 4 is 11.6 Å². The van der Waals surface area contributed by atoms with Gasteiger partial charge in [0.15, 0.2) is 0 Å². The number of aromatic nitrogens is 1. The van der Waals surface area contributed by atoms with Crippen LogP contribution in [-0.2, 0) is 6.54 Å². The molecular formula is C12H17ClN2O. The third-order valence-corrected chi connectivity index (χ3v) is 2.87. The molecule has 0 bridgehead atoms. The van der Waals surface area contributed by atoms with E-state index in [4.69, 9.17) is 16.3 Å². The average Bonchev–Trinajstić information content (AvgIpc) is 3.09. The van der Waals surface area contributed by atoms with E-state index in [1.165, 1.54) is 12.8 Å². The van der Waals surface area contributed by atoms with Crippen LogP contribution in [0.5, 0.6) is 5.88 Å². The number of nitrogens with zero attached hydrogens (tertiary/aromatic N) is 1. The molecule has 1 N–H and O–H groups in total. The highest BCUT2D eigenvalue weighted by atomic mass is 35.5. The van der Waals surface area contributed by atoms with Crippen molar-refractivity contribution in [2.24, 2.45) is 5.92 Å². The number of hydrogen-bond acceptors (Lipinski definition) is 3. The summed E-state index contributed by atoms with van der Waals surface area (Å²) in [6.45, 7) is 4.56. The minimum absolute atomic E-state index is 0.564.